The molecule has 1 amide bonds. The first-order valence-electron chi connectivity index (χ1n) is 10.2. The van der Waals surface area contributed by atoms with Gasteiger partial charge in [0, 0.05) is 28.0 Å². The Morgan fingerprint density at radius 3 is 2.55 bits per heavy atom. The van der Waals surface area contributed by atoms with E-state index < -0.39 is 17.6 Å². The Hall–Kier alpha value is -4.22. The van der Waals surface area contributed by atoms with Crippen LogP contribution in [0.1, 0.15) is 16.1 Å². The molecule has 0 aliphatic carbocycles. The van der Waals surface area contributed by atoms with Crippen molar-refractivity contribution in [3.8, 4) is 23.0 Å². The second kappa shape index (κ2) is 8.73. The molecule has 0 radical (unpaired) electrons. The summed E-state index contributed by atoms with van der Waals surface area (Å²) in [6.07, 6.45) is 1.52. The maximum atomic E-state index is 13.4. The molecule has 8 heteroatoms. The van der Waals surface area contributed by atoms with Gasteiger partial charge in [0.15, 0.2) is 5.92 Å². The molecule has 2 aromatic carbocycles. The highest BCUT2D eigenvalue weighted by Crippen LogP contribution is 2.43. The highest BCUT2D eigenvalue weighted by Gasteiger charge is 2.35. The molecule has 0 fully saturated rings. The monoisotopic (exact) mass is 451 g/mol. The average molecular weight is 452 g/mol. The molecule has 0 spiro atoms. The minimum absolute atomic E-state index is 0.138. The number of nitrogens with zero attached hydrogens (tertiary/aromatic N) is 4. The first-order valence-corrected chi connectivity index (χ1v) is 11.2. The van der Waals surface area contributed by atoms with Gasteiger partial charge < -0.3 is 5.32 Å². The average Bonchev–Trinajstić information content (AvgIpc) is 3.26. The Balaban J connectivity index is 1.59. The van der Waals surface area contributed by atoms with Crippen molar-refractivity contribution in [2.75, 3.05) is 5.32 Å². The van der Waals surface area contributed by atoms with Crippen LogP contribution in [0.2, 0.25) is 0 Å². The minimum Gasteiger partial charge on any atom is -0.309 e. The van der Waals surface area contributed by atoms with Crippen molar-refractivity contribution < 1.29 is 9.59 Å². The lowest BCUT2D eigenvalue weighted by Gasteiger charge is -2.18. The minimum atomic E-state index is -1.54. The fraction of sp³-hybridized carbons (Fsp3) is 0.0800. The third-order valence-electron chi connectivity index (χ3n) is 5.30. The summed E-state index contributed by atoms with van der Waals surface area (Å²) in [5.74, 6) is -2.11. The molecule has 33 heavy (non-hydrogen) atoms. The molecule has 5 rings (SSSR count). The van der Waals surface area contributed by atoms with Gasteiger partial charge in [-0.2, -0.15) is 10.4 Å². The van der Waals surface area contributed by atoms with Crippen molar-refractivity contribution in [1.29, 1.82) is 5.26 Å². The van der Waals surface area contributed by atoms with Crippen molar-refractivity contribution >= 4 is 29.3 Å². The predicted octanol–water partition coefficient (Wildman–Crippen LogP) is 4.50. The van der Waals surface area contributed by atoms with Gasteiger partial charge in [0.25, 0.3) is 5.91 Å². The van der Waals surface area contributed by atoms with Gasteiger partial charge in [-0.3, -0.25) is 9.59 Å². The van der Waals surface area contributed by atoms with E-state index in [1.165, 1.54) is 6.20 Å². The maximum absolute atomic E-state index is 13.4. The zero-order valence-electron chi connectivity index (χ0n) is 17.3. The van der Waals surface area contributed by atoms with E-state index in [0.29, 0.717) is 5.75 Å². The lowest BCUT2D eigenvalue weighted by Crippen LogP contribution is -2.29. The van der Waals surface area contributed by atoms with Crippen LogP contribution in [0.25, 0.3) is 16.9 Å². The number of aromatic nitrogens is 3. The van der Waals surface area contributed by atoms with Crippen molar-refractivity contribution in [2.24, 2.45) is 5.92 Å². The number of nitriles is 1. The van der Waals surface area contributed by atoms with Crippen LogP contribution in [0, 0.1) is 17.2 Å². The number of benzene rings is 2. The lowest BCUT2D eigenvalue weighted by atomic mass is 9.97. The SMILES string of the molecule is N#CC(C(=O)Nc1ccccn1)C(=O)c1nn(-c2ccccc2)c2c1CSc1ccccc1-2. The van der Waals surface area contributed by atoms with Crippen LogP contribution < -0.4 is 5.32 Å². The number of hydrogen-bond donors (Lipinski definition) is 1. The Labute approximate surface area is 194 Å². The zero-order valence-corrected chi connectivity index (χ0v) is 18.1. The molecule has 1 aliphatic rings. The lowest BCUT2D eigenvalue weighted by molar-refractivity contribution is -0.117. The number of carbonyl (C=O) groups is 2. The van der Waals surface area contributed by atoms with Gasteiger partial charge >= 0.3 is 0 Å². The van der Waals surface area contributed by atoms with E-state index in [0.717, 1.165) is 27.4 Å². The molecular weight excluding hydrogens is 434 g/mol. The quantitative estimate of drug-likeness (QED) is 0.354. The summed E-state index contributed by atoms with van der Waals surface area (Å²) in [6.45, 7) is 0. The summed E-state index contributed by atoms with van der Waals surface area (Å²) in [5, 5.41) is 16.9. The van der Waals surface area contributed by atoms with Gasteiger partial charge in [0.1, 0.15) is 11.5 Å². The summed E-state index contributed by atoms with van der Waals surface area (Å²) in [6, 6.07) is 24.3. The van der Waals surface area contributed by atoms with Gasteiger partial charge in [-0.15, -0.1) is 11.8 Å². The zero-order chi connectivity index (χ0) is 22.8. The number of carbonyl (C=O) groups excluding carboxylic acids is 2. The summed E-state index contributed by atoms with van der Waals surface area (Å²) in [5.41, 5.74) is 3.42. The van der Waals surface area contributed by atoms with Crippen molar-refractivity contribution in [3.05, 3.63) is 90.3 Å². The van der Waals surface area contributed by atoms with E-state index in [4.69, 9.17) is 0 Å². The second-order valence-corrected chi connectivity index (χ2v) is 8.36. The fourth-order valence-corrected chi connectivity index (χ4v) is 4.83. The van der Waals surface area contributed by atoms with Gasteiger partial charge in [-0.25, -0.2) is 9.67 Å². The molecule has 0 bridgehead atoms. The molecule has 7 nitrogen and oxygen atoms in total. The number of thioether (sulfide) groups is 1. The number of para-hydroxylation sites is 1. The van der Waals surface area contributed by atoms with Crippen molar-refractivity contribution in [2.45, 2.75) is 10.6 Å². The van der Waals surface area contributed by atoms with Crippen LogP contribution in [-0.4, -0.2) is 26.5 Å². The molecule has 0 saturated carbocycles. The fourth-order valence-electron chi connectivity index (χ4n) is 3.76. The summed E-state index contributed by atoms with van der Waals surface area (Å²) in [7, 11) is 0. The Bertz CT molecular complexity index is 1390. The van der Waals surface area contributed by atoms with Crippen LogP contribution in [0.15, 0.2) is 83.9 Å². The Morgan fingerprint density at radius 1 is 1.03 bits per heavy atom. The summed E-state index contributed by atoms with van der Waals surface area (Å²) >= 11 is 1.60. The molecule has 1 unspecified atom stereocenters. The van der Waals surface area contributed by atoms with E-state index in [2.05, 4.69) is 15.4 Å². The van der Waals surface area contributed by atoms with E-state index in [1.807, 2.05) is 60.7 Å². The predicted molar refractivity (Wildman–Crippen MR) is 125 cm³/mol. The smallest absolute Gasteiger partial charge is 0.250 e. The maximum Gasteiger partial charge on any atom is 0.250 e. The van der Waals surface area contributed by atoms with Crippen LogP contribution in [-0.2, 0) is 10.5 Å². The van der Waals surface area contributed by atoms with E-state index in [-0.39, 0.29) is 11.5 Å². The number of rotatable bonds is 5. The molecule has 4 aromatic rings. The van der Waals surface area contributed by atoms with Gasteiger partial charge in [0.2, 0.25) is 5.78 Å². The van der Waals surface area contributed by atoms with Crippen LogP contribution in [0.3, 0.4) is 0 Å². The molecule has 1 aliphatic heterocycles. The van der Waals surface area contributed by atoms with E-state index >= 15 is 0 Å². The van der Waals surface area contributed by atoms with Gasteiger partial charge in [-0.05, 0) is 30.3 Å². The molecule has 160 valence electrons. The van der Waals surface area contributed by atoms with Crippen molar-refractivity contribution in [3.63, 3.8) is 0 Å². The van der Waals surface area contributed by atoms with Crippen LogP contribution in [0.5, 0.6) is 0 Å². The summed E-state index contributed by atoms with van der Waals surface area (Å²) in [4.78, 5) is 31.3. The van der Waals surface area contributed by atoms with Crippen LogP contribution >= 0.6 is 11.8 Å². The van der Waals surface area contributed by atoms with Crippen LogP contribution in [0.4, 0.5) is 5.82 Å². The standard InChI is InChI=1S/C25H17N5O2S/c26-14-18(25(32)28-21-12-6-7-13-27-21)24(31)22-19-15-33-20-11-5-4-10-17(20)23(19)30(29-22)16-8-2-1-3-9-16/h1-13,18H,15H2,(H,27,28,32). The van der Waals surface area contributed by atoms with Gasteiger partial charge in [-0.1, -0.05) is 42.5 Å². The summed E-state index contributed by atoms with van der Waals surface area (Å²) < 4.78 is 1.73. The Kier molecular flexibility index (Phi) is 5.47. The molecule has 0 saturated heterocycles. The number of hydrogen-bond acceptors (Lipinski definition) is 6. The number of ketones is 1. The largest absolute Gasteiger partial charge is 0.309 e. The van der Waals surface area contributed by atoms with Gasteiger partial charge in [0.05, 0.1) is 17.5 Å². The molecule has 2 aromatic heterocycles. The Morgan fingerprint density at radius 2 is 1.79 bits per heavy atom. The molecule has 3 heterocycles. The molecular formula is C25H17N5O2S. The number of pyridine rings is 1. The number of fused-ring (bicyclic) bond motifs is 3. The number of nitrogens with one attached hydrogen (secondary N) is 1. The van der Waals surface area contributed by atoms with E-state index in [1.54, 1.807) is 34.6 Å². The molecule has 1 N–H and O–H groups in total. The number of amides is 1. The van der Waals surface area contributed by atoms with Crippen molar-refractivity contribution in [1.82, 2.24) is 14.8 Å². The first kappa shape index (κ1) is 20.7. The second-order valence-electron chi connectivity index (χ2n) is 7.34. The number of Topliss-reactive ketones (excluding diaryl/α,β-unsaturated/α-hetero) is 1. The van der Waals surface area contributed by atoms with E-state index in [9.17, 15) is 14.9 Å². The number of anilines is 1. The third kappa shape index (κ3) is 3.79. The highest BCUT2D eigenvalue weighted by atomic mass is 32.2. The molecule has 1 atom stereocenters. The third-order valence-corrected chi connectivity index (χ3v) is 6.40. The highest BCUT2D eigenvalue weighted by molar-refractivity contribution is 7.98. The first-order chi connectivity index (χ1) is 16.2. The topological polar surface area (TPSA) is 101 Å². The normalized spacial score (nSPS) is 12.7.